The van der Waals surface area contributed by atoms with Crippen molar-refractivity contribution in [1.82, 2.24) is 10.2 Å². The van der Waals surface area contributed by atoms with Crippen LogP contribution < -0.4 is 5.32 Å². The Morgan fingerprint density at radius 3 is 2.42 bits per heavy atom. The van der Waals surface area contributed by atoms with Crippen molar-refractivity contribution < 1.29 is 9.59 Å². The zero-order valence-electron chi connectivity index (χ0n) is 14.9. The topological polar surface area (TPSA) is 49.4 Å². The number of carbonyl (C=O) groups is 2. The number of rotatable bonds is 4. The Morgan fingerprint density at radius 2 is 1.65 bits per heavy atom. The summed E-state index contributed by atoms with van der Waals surface area (Å²) in [7, 11) is 0. The lowest BCUT2D eigenvalue weighted by Gasteiger charge is -2.28. The van der Waals surface area contributed by atoms with Gasteiger partial charge in [-0.1, -0.05) is 67.8 Å². The lowest BCUT2D eigenvalue weighted by atomic mass is 9.95. The highest BCUT2D eigenvalue weighted by Gasteiger charge is 2.41. The second kappa shape index (κ2) is 7.32. The summed E-state index contributed by atoms with van der Waals surface area (Å²) >= 11 is 0. The molecule has 1 aliphatic heterocycles. The SMILES string of the molecule is O=C(NC1CCCCC1)C1c2ccccc2C(=O)N1Cc1ccccc1. The van der Waals surface area contributed by atoms with E-state index in [1.165, 1.54) is 19.3 Å². The van der Waals surface area contributed by atoms with Gasteiger partial charge in [-0.2, -0.15) is 0 Å². The van der Waals surface area contributed by atoms with Gasteiger partial charge in [-0.15, -0.1) is 0 Å². The second-order valence-corrected chi connectivity index (χ2v) is 7.25. The highest BCUT2D eigenvalue weighted by atomic mass is 16.2. The molecule has 4 nitrogen and oxygen atoms in total. The van der Waals surface area contributed by atoms with Crippen molar-refractivity contribution in [2.75, 3.05) is 0 Å². The maximum atomic E-state index is 13.1. The van der Waals surface area contributed by atoms with Crippen molar-refractivity contribution in [3.8, 4) is 0 Å². The molecule has 2 aromatic rings. The van der Waals surface area contributed by atoms with Gasteiger partial charge in [0, 0.05) is 18.2 Å². The fourth-order valence-electron chi connectivity index (χ4n) is 4.12. The monoisotopic (exact) mass is 348 g/mol. The van der Waals surface area contributed by atoms with Crippen LogP contribution >= 0.6 is 0 Å². The van der Waals surface area contributed by atoms with Crippen molar-refractivity contribution in [2.24, 2.45) is 0 Å². The van der Waals surface area contributed by atoms with Gasteiger partial charge in [0.25, 0.3) is 5.91 Å². The first-order chi connectivity index (χ1) is 12.7. The fourth-order valence-corrected chi connectivity index (χ4v) is 4.12. The minimum Gasteiger partial charge on any atom is -0.351 e. The van der Waals surface area contributed by atoms with Crippen LogP contribution in [0.2, 0.25) is 0 Å². The molecule has 4 rings (SSSR count). The first-order valence-electron chi connectivity index (χ1n) is 9.48. The molecule has 2 aliphatic rings. The van der Waals surface area contributed by atoms with Gasteiger partial charge in [0.05, 0.1) is 0 Å². The summed E-state index contributed by atoms with van der Waals surface area (Å²) in [4.78, 5) is 27.8. The molecular formula is C22H24N2O2. The van der Waals surface area contributed by atoms with E-state index in [0.29, 0.717) is 12.1 Å². The zero-order chi connectivity index (χ0) is 17.9. The van der Waals surface area contributed by atoms with E-state index in [2.05, 4.69) is 5.32 Å². The number of benzene rings is 2. The summed E-state index contributed by atoms with van der Waals surface area (Å²) in [6, 6.07) is 17.0. The van der Waals surface area contributed by atoms with Crippen LogP contribution in [-0.4, -0.2) is 22.8 Å². The normalized spacial score (nSPS) is 20.1. The van der Waals surface area contributed by atoms with Crippen LogP contribution in [-0.2, 0) is 11.3 Å². The minimum absolute atomic E-state index is 0.0499. The molecule has 1 N–H and O–H groups in total. The fraction of sp³-hybridized carbons (Fsp3) is 0.364. The van der Waals surface area contributed by atoms with Crippen LogP contribution in [0.3, 0.4) is 0 Å². The van der Waals surface area contributed by atoms with E-state index in [-0.39, 0.29) is 17.9 Å². The van der Waals surface area contributed by atoms with Crippen LogP contribution in [0.15, 0.2) is 54.6 Å². The number of fused-ring (bicyclic) bond motifs is 1. The number of nitrogens with zero attached hydrogens (tertiary/aromatic N) is 1. The summed E-state index contributed by atoms with van der Waals surface area (Å²) in [6.07, 6.45) is 5.65. The Hall–Kier alpha value is -2.62. The zero-order valence-corrected chi connectivity index (χ0v) is 14.9. The van der Waals surface area contributed by atoms with E-state index in [9.17, 15) is 9.59 Å². The molecule has 0 aromatic heterocycles. The predicted octanol–water partition coefficient (Wildman–Crippen LogP) is 3.83. The Kier molecular flexibility index (Phi) is 4.74. The van der Waals surface area contributed by atoms with Crippen LogP contribution in [0.5, 0.6) is 0 Å². The molecule has 1 atom stereocenters. The molecule has 2 amide bonds. The van der Waals surface area contributed by atoms with Crippen molar-refractivity contribution in [3.63, 3.8) is 0 Å². The van der Waals surface area contributed by atoms with Crippen LogP contribution in [0.25, 0.3) is 0 Å². The molecule has 0 spiro atoms. The molecule has 0 radical (unpaired) electrons. The molecule has 26 heavy (non-hydrogen) atoms. The van der Waals surface area contributed by atoms with Crippen LogP contribution in [0.1, 0.15) is 59.6 Å². The second-order valence-electron chi connectivity index (χ2n) is 7.25. The molecule has 134 valence electrons. The molecule has 0 bridgehead atoms. The molecule has 4 heteroatoms. The van der Waals surface area contributed by atoms with Gasteiger partial charge in [0.15, 0.2) is 0 Å². The third-order valence-electron chi connectivity index (χ3n) is 5.45. The van der Waals surface area contributed by atoms with E-state index >= 15 is 0 Å². The van der Waals surface area contributed by atoms with E-state index in [4.69, 9.17) is 0 Å². The van der Waals surface area contributed by atoms with Crippen molar-refractivity contribution >= 4 is 11.8 Å². The van der Waals surface area contributed by atoms with Gasteiger partial charge in [-0.25, -0.2) is 0 Å². The van der Waals surface area contributed by atoms with Gasteiger partial charge in [0.2, 0.25) is 5.91 Å². The number of hydrogen-bond donors (Lipinski definition) is 1. The smallest absolute Gasteiger partial charge is 0.255 e. The minimum atomic E-state index is -0.541. The third-order valence-corrected chi connectivity index (χ3v) is 5.45. The Morgan fingerprint density at radius 1 is 0.962 bits per heavy atom. The average molecular weight is 348 g/mol. The number of hydrogen-bond acceptors (Lipinski definition) is 2. The molecule has 1 heterocycles. The molecule has 1 saturated carbocycles. The number of carbonyl (C=O) groups excluding carboxylic acids is 2. The van der Waals surface area contributed by atoms with E-state index in [1.54, 1.807) is 4.90 Å². The van der Waals surface area contributed by atoms with E-state index < -0.39 is 6.04 Å². The summed E-state index contributed by atoms with van der Waals surface area (Å²) in [5, 5.41) is 3.21. The van der Waals surface area contributed by atoms with Crippen molar-refractivity contribution in [3.05, 3.63) is 71.3 Å². The molecule has 1 aliphatic carbocycles. The van der Waals surface area contributed by atoms with Crippen LogP contribution in [0, 0.1) is 0 Å². The Balaban J connectivity index is 1.61. The quantitative estimate of drug-likeness (QED) is 0.913. The van der Waals surface area contributed by atoms with Crippen molar-refractivity contribution in [2.45, 2.75) is 50.7 Å². The molecular weight excluding hydrogens is 324 g/mol. The predicted molar refractivity (Wildman–Crippen MR) is 101 cm³/mol. The highest BCUT2D eigenvalue weighted by Crippen LogP contribution is 2.35. The standard InChI is InChI=1S/C22H24N2O2/c25-21(23-17-11-5-2-6-12-17)20-18-13-7-8-14-19(18)22(26)24(20)15-16-9-3-1-4-10-16/h1,3-4,7-10,13-14,17,20H,2,5-6,11-12,15H2,(H,23,25). The van der Waals surface area contributed by atoms with E-state index in [0.717, 1.165) is 24.0 Å². The summed E-state index contributed by atoms with van der Waals surface area (Å²) in [5.74, 6) is -0.112. The number of amides is 2. The molecule has 1 fully saturated rings. The maximum absolute atomic E-state index is 13.1. The molecule has 0 saturated heterocycles. The van der Waals surface area contributed by atoms with Gasteiger partial charge in [-0.05, 0) is 30.0 Å². The van der Waals surface area contributed by atoms with Gasteiger partial charge in [-0.3, -0.25) is 9.59 Å². The van der Waals surface area contributed by atoms with Crippen molar-refractivity contribution in [1.29, 1.82) is 0 Å². The third kappa shape index (κ3) is 3.24. The summed E-state index contributed by atoms with van der Waals surface area (Å²) < 4.78 is 0. The lowest BCUT2D eigenvalue weighted by Crippen LogP contribution is -2.43. The van der Waals surface area contributed by atoms with Gasteiger partial charge < -0.3 is 10.2 Å². The van der Waals surface area contributed by atoms with Gasteiger partial charge in [0.1, 0.15) is 6.04 Å². The largest absolute Gasteiger partial charge is 0.351 e. The van der Waals surface area contributed by atoms with Gasteiger partial charge >= 0.3 is 0 Å². The molecule has 1 unspecified atom stereocenters. The highest BCUT2D eigenvalue weighted by molar-refractivity contribution is 6.04. The lowest BCUT2D eigenvalue weighted by molar-refractivity contribution is -0.126. The first-order valence-corrected chi connectivity index (χ1v) is 9.48. The van der Waals surface area contributed by atoms with E-state index in [1.807, 2.05) is 54.6 Å². The summed E-state index contributed by atoms with van der Waals surface area (Å²) in [5.41, 5.74) is 2.50. The Bertz CT molecular complexity index is 797. The molecule has 2 aromatic carbocycles. The summed E-state index contributed by atoms with van der Waals surface area (Å²) in [6.45, 7) is 0.442. The Labute approximate surface area is 154 Å². The van der Waals surface area contributed by atoms with Crippen LogP contribution in [0.4, 0.5) is 0 Å². The average Bonchev–Trinajstić information content (AvgIpc) is 2.96. The number of nitrogens with one attached hydrogen (secondary N) is 1. The maximum Gasteiger partial charge on any atom is 0.255 e. The first kappa shape index (κ1) is 16.8.